The summed E-state index contributed by atoms with van der Waals surface area (Å²) in [5, 5.41) is 3.13. The summed E-state index contributed by atoms with van der Waals surface area (Å²) in [6, 6.07) is 18.7. The van der Waals surface area contributed by atoms with Crippen LogP contribution < -0.4 is 14.4 Å². The first-order chi connectivity index (χ1) is 18.6. The average molecular weight is 637 g/mol. The molecule has 1 N–H and O–H groups in total. The maximum absolute atomic E-state index is 13.9. The number of amides is 2. The molecule has 3 aromatic carbocycles. The van der Waals surface area contributed by atoms with Gasteiger partial charge in [0.05, 0.1) is 17.7 Å². The van der Waals surface area contributed by atoms with Crippen LogP contribution in [0.15, 0.2) is 82.2 Å². The predicted molar refractivity (Wildman–Crippen MR) is 156 cm³/mol. The number of sulfonamides is 1. The largest absolute Gasteiger partial charge is 0.497 e. The van der Waals surface area contributed by atoms with E-state index in [1.165, 1.54) is 42.3 Å². The smallest absolute Gasteiger partial charge is 0.264 e. The summed E-state index contributed by atoms with van der Waals surface area (Å²) in [5.41, 5.74) is 0.998. The molecule has 1 atom stereocenters. The number of rotatable bonds is 12. The summed E-state index contributed by atoms with van der Waals surface area (Å²) in [5.74, 6) is -0.384. The normalized spacial score (nSPS) is 11.9. The summed E-state index contributed by atoms with van der Waals surface area (Å²) in [7, 11) is -2.72. The molecule has 0 radical (unpaired) electrons. The number of methoxy groups -OCH3 is 1. The Hall–Kier alpha value is -3.08. The highest BCUT2D eigenvalue weighted by Crippen LogP contribution is 2.28. The van der Waals surface area contributed by atoms with Gasteiger partial charge in [0.15, 0.2) is 0 Å². The minimum absolute atomic E-state index is 0.0247. The van der Waals surface area contributed by atoms with Crippen LogP contribution in [-0.2, 0) is 26.2 Å². The molecule has 0 aliphatic carbocycles. The number of nitrogens with zero attached hydrogens (tertiary/aromatic N) is 2. The van der Waals surface area contributed by atoms with Crippen LogP contribution in [0.25, 0.3) is 0 Å². The van der Waals surface area contributed by atoms with Gasteiger partial charge in [0.1, 0.15) is 18.3 Å². The highest BCUT2D eigenvalue weighted by Gasteiger charge is 2.32. The quantitative estimate of drug-likeness (QED) is 0.293. The van der Waals surface area contributed by atoms with Gasteiger partial charge in [-0.2, -0.15) is 0 Å². The minimum atomic E-state index is -4.20. The number of ether oxygens (including phenoxy) is 1. The molecule has 0 bridgehead atoms. The molecule has 8 nitrogen and oxygen atoms in total. The zero-order valence-electron chi connectivity index (χ0n) is 21.9. The van der Waals surface area contributed by atoms with E-state index in [9.17, 15) is 18.0 Å². The van der Waals surface area contributed by atoms with Crippen LogP contribution in [0.1, 0.15) is 25.8 Å². The van der Waals surface area contributed by atoms with Crippen molar-refractivity contribution in [3.63, 3.8) is 0 Å². The molecule has 39 heavy (non-hydrogen) atoms. The van der Waals surface area contributed by atoms with Crippen molar-refractivity contribution in [1.29, 1.82) is 0 Å². The number of halogens is 2. The molecular formula is C28H31BrClN3O5S. The van der Waals surface area contributed by atoms with Gasteiger partial charge in [-0.25, -0.2) is 8.42 Å². The van der Waals surface area contributed by atoms with Gasteiger partial charge in [-0.3, -0.25) is 13.9 Å². The average Bonchev–Trinajstić information content (AvgIpc) is 2.92. The Morgan fingerprint density at radius 1 is 1.05 bits per heavy atom. The lowest BCUT2D eigenvalue weighted by Crippen LogP contribution is -2.51. The Morgan fingerprint density at radius 2 is 1.74 bits per heavy atom. The second kappa shape index (κ2) is 13.8. The van der Waals surface area contributed by atoms with Gasteiger partial charge >= 0.3 is 0 Å². The molecule has 3 aromatic rings. The predicted octanol–water partition coefficient (Wildman–Crippen LogP) is 5.25. The van der Waals surface area contributed by atoms with E-state index in [1.54, 1.807) is 25.1 Å². The van der Waals surface area contributed by atoms with Gasteiger partial charge in [0, 0.05) is 22.6 Å². The van der Waals surface area contributed by atoms with Crippen molar-refractivity contribution >= 4 is 55.1 Å². The molecule has 11 heteroatoms. The maximum Gasteiger partial charge on any atom is 0.264 e. The second-order valence-electron chi connectivity index (χ2n) is 8.79. The van der Waals surface area contributed by atoms with Crippen LogP contribution in [0.2, 0.25) is 5.02 Å². The number of anilines is 1. The molecule has 2 amide bonds. The Kier molecular flexibility index (Phi) is 10.8. The number of carbonyl (C=O) groups excluding carboxylic acids is 2. The summed E-state index contributed by atoms with van der Waals surface area (Å²) in [6.07, 6.45) is 0.737. The summed E-state index contributed by atoms with van der Waals surface area (Å²) in [4.78, 5) is 28.1. The van der Waals surface area contributed by atoms with Crippen molar-refractivity contribution in [2.24, 2.45) is 0 Å². The van der Waals surface area contributed by atoms with E-state index >= 15 is 0 Å². The van der Waals surface area contributed by atoms with E-state index in [4.69, 9.17) is 16.3 Å². The zero-order chi connectivity index (χ0) is 28.6. The Labute approximate surface area is 243 Å². The lowest BCUT2D eigenvalue weighted by Gasteiger charge is -2.32. The lowest BCUT2D eigenvalue weighted by molar-refractivity contribution is -0.139. The minimum Gasteiger partial charge on any atom is -0.497 e. The van der Waals surface area contributed by atoms with Crippen molar-refractivity contribution < 1.29 is 22.7 Å². The third kappa shape index (κ3) is 7.97. The van der Waals surface area contributed by atoms with Crippen LogP contribution >= 0.6 is 27.5 Å². The summed E-state index contributed by atoms with van der Waals surface area (Å²) < 4.78 is 34.6. The molecule has 0 aromatic heterocycles. The third-order valence-corrected chi connectivity index (χ3v) is 8.50. The second-order valence-corrected chi connectivity index (χ2v) is 12.0. The number of benzene rings is 3. The molecule has 3 rings (SSSR count). The Balaban J connectivity index is 2.02. The fraction of sp³-hybridized carbons (Fsp3) is 0.286. The topological polar surface area (TPSA) is 96.0 Å². The first kappa shape index (κ1) is 30.5. The van der Waals surface area contributed by atoms with Crippen LogP contribution in [0.3, 0.4) is 0 Å². The van der Waals surface area contributed by atoms with Crippen LogP contribution in [0, 0.1) is 0 Å². The number of nitrogens with one attached hydrogen (secondary N) is 1. The van der Waals surface area contributed by atoms with Crippen molar-refractivity contribution in [3.05, 3.63) is 87.9 Å². The van der Waals surface area contributed by atoms with Gasteiger partial charge < -0.3 is 15.0 Å². The molecule has 0 spiro atoms. The van der Waals surface area contributed by atoms with Gasteiger partial charge in [-0.1, -0.05) is 52.7 Å². The van der Waals surface area contributed by atoms with Gasteiger partial charge in [-0.15, -0.1) is 0 Å². The first-order valence-corrected chi connectivity index (χ1v) is 14.9. The molecule has 0 saturated heterocycles. The van der Waals surface area contributed by atoms with Gasteiger partial charge in [0.2, 0.25) is 11.8 Å². The molecule has 208 valence electrons. The molecule has 0 heterocycles. The SMILES string of the molecule is CCCNC(=O)[C@H](C)N(Cc1cccc(Br)c1)C(=O)CN(c1cccc(Cl)c1)S(=O)(=O)c1ccc(OC)cc1. The fourth-order valence-electron chi connectivity index (χ4n) is 3.85. The Morgan fingerprint density at radius 3 is 2.36 bits per heavy atom. The van der Waals surface area contributed by atoms with Gasteiger partial charge in [-0.05, 0) is 73.5 Å². The number of hydrogen-bond donors (Lipinski definition) is 1. The molecule has 0 aliphatic heterocycles. The van der Waals surface area contributed by atoms with E-state index in [0.717, 1.165) is 20.8 Å². The van der Waals surface area contributed by atoms with E-state index in [0.29, 0.717) is 17.3 Å². The van der Waals surface area contributed by atoms with Crippen LogP contribution in [0.4, 0.5) is 5.69 Å². The van der Waals surface area contributed by atoms with Gasteiger partial charge in [0.25, 0.3) is 10.0 Å². The lowest BCUT2D eigenvalue weighted by atomic mass is 10.1. The standard InChI is InChI=1S/C28H31BrClN3O5S/c1-4-15-31-28(35)20(2)32(18-21-7-5-8-22(29)16-21)27(34)19-33(24-10-6-9-23(30)17-24)39(36,37)26-13-11-25(38-3)12-14-26/h5-14,16-17,20H,4,15,18-19H2,1-3H3,(H,31,35)/t20-/m0/s1. The van der Waals surface area contributed by atoms with E-state index in [2.05, 4.69) is 21.2 Å². The first-order valence-electron chi connectivity index (χ1n) is 12.3. The van der Waals surface area contributed by atoms with Crippen LogP contribution in [0.5, 0.6) is 5.75 Å². The van der Waals surface area contributed by atoms with Crippen molar-refractivity contribution in [2.75, 3.05) is 24.5 Å². The van der Waals surface area contributed by atoms with Crippen molar-refractivity contribution in [3.8, 4) is 5.75 Å². The summed E-state index contributed by atoms with van der Waals surface area (Å²) >= 11 is 9.63. The molecule has 0 aliphatic rings. The van der Waals surface area contributed by atoms with Crippen LogP contribution in [-0.4, -0.2) is 51.4 Å². The zero-order valence-corrected chi connectivity index (χ0v) is 25.1. The highest BCUT2D eigenvalue weighted by atomic mass is 79.9. The molecule has 0 fully saturated rings. The van der Waals surface area contributed by atoms with E-state index in [-0.39, 0.29) is 23.0 Å². The molecule has 0 unspecified atom stereocenters. The van der Waals surface area contributed by atoms with Crippen molar-refractivity contribution in [2.45, 2.75) is 37.8 Å². The molecular weight excluding hydrogens is 606 g/mol. The van der Waals surface area contributed by atoms with E-state index in [1.807, 2.05) is 31.2 Å². The molecule has 0 saturated carbocycles. The highest BCUT2D eigenvalue weighted by molar-refractivity contribution is 9.10. The maximum atomic E-state index is 13.9. The van der Waals surface area contributed by atoms with E-state index < -0.39 is 28.5 Å². The summed E-state index contributed by atoms with van der Waals surface area (Å²) in [6.45, 7) is 3.58. The number of hydrogen-bond acceptors (Lipinski definition) is 5. The number of carbonyl (C=O) groups is 2. The Bertz CT molecular complexity index is 1400. The fourth-order valence-corrected chi connectivity index (χ4v) is 5.88. The monoisotopic (exact) mass is 635 g/mol. The third-order valence-electron chi connectivity index (χ3n) is 5.98. The van der Waals surface area contributed by atoms with Crippen molar-refractivity contribution in [1.82, 2.24) is 10.2 Å².